The van der Waals surface area contributed by atoms with Gasteiger partial charge in [0, 0.05) is 11.6 Å². The second-order valence-corrected chi connectivity index (χ2v) is 4.74. The molecule has 2 aromatic rings. The van der Waals surface area contributed by atoms with Crippen LogP contribution in [0.25, 0.3) is 11.3 Å². The highest BCUT2D eigenvalue weighted by molar-refractivity contribution is 6.32. The van der Waals surface area contributed by atoms with Gasteiger partial charge in [0.15, 0.2) is 0 Å². The molecule has 0 aliphatic rings. The minimum Gasteiger partial charge on any atom is -0.495 e. The SMILES string of the molecule is COc1ccc(-c2ncn(C(C)C)c2N)cc1Cl. The highest BCUT2D eigenvalue weighted by Crippen LogP contribution is 2.32. The molecular formula is C13H16ClN3O. The van der Waals surface area contributed by atoms with Gasteiger partial charge < -0.3 is 15.0 Å². The standard InChI is InChI=1S/C13H16ClN3O/c1-8(2)17-7-16-12(13(17)15)9-4-5-11(18-3)10(14)6-9/h4-8H,15H2,1-3H3. The number of anilines is 1. The van der Waals surface area contributed by atoms with Crippen LogP contribution in [0.2, 0.25) is 5.02 Å². The summed E-state index contributed by atoms with van der Waals surface area (Å²) in [7, 11) is 1.59. The normalized spacial score (nSPS) is 10.9. The maximum Gasteiger partial charge on any atom is 0.137 e. The van der Waals surface area contributed by atoms with Crippen LogP contribution >= 0.6 is 11.6 Å². The molecule has 5 heteroatoms. The first-order valence-corrected chi connectivity index (χ1v) is 6.08. The fourth-order valence-corrected chi connectivity index (χ4v) is 2.08. The number of hydrogen-bond donors (Lipinski definition) is 1. The van der Waals surface area contributed by atoms with Gasteiger partial charge in [0.25, 0.3) is 0 Å². The summed E-state index contributed by atoms with van der Waals surface area (Å²) in [6.45, 7) is 4.12. The lowest BCUT2D eigenvalue weighted by atomic mass is 10.1. The summed E-state index contributed by atoms with van der Waals surface area (Å²) in [4.78, 5) is 4.34. The summed E-state index contributed by atoms with van der Waals surface area (Å²) in [5.74, 6) is 1.29. The van der Waals surface area contributed by atoms with Gasteiger partial charge in [0.1, 0.15) is 17.3 Å². The third-order valence-electron chi connectivity index (χ3n) is 2.81. The number of aromatic nitrogens is 2. The Labute approximate surface area is 111 Å². The molecule has 0 amide bonds. The number of halogens is 1. The van der Waals surface area contributed by atoms with E-state index in [-0.39, 0.29) is 6.04 Å². The highest BCUT2D eigenvalue weighted by atomic mass is 35.5. The van der Waals surface area contributed by atoms with Crippen molar-refractivity contribution in [2.75, 3.05) is 12.8 Å². The first-order valence-electron chi connectivity index (χ1n) is 5.70. The fraction of sp³-hybridized carbons (Fsp3) is 0.308. The Bertz CT molecular complexity index is 563. The van der Waals surface area contributed by atoms with Gasteiger partial charge in [0.2, 0.25) is 0 Å². The van der Waals surface area contributed by atoms with E-state index in [0.717, 1.165) is 11.3 Å². The van der Waals surface area contributed by atoms with Crippen molar-refractivity contribution in [3.05, 3.63) is 29.5 Å². The molecular weight excluding hydrogens is 250 g/mol. The molecule has 0 spiro atoms. The Hall–Kier alpha value is -1.68. The van der Waals surface area contributed by atoms with E-state index in [1.807, 2.05) is 22.8 Å². The lowest BCUT2D eigenvalue weighted by Crippen LogP contribution is -2.04. The van der Waals surface area contributed by atoms with Crippen molar-refractivity contribution in [2.24, 2.45) is 0 Å². The van der Waals surface area contributed by atoms with E-state index >= 15 is 0 Å². The van der Waals surface area contributed by atoms with Crippen molar-refractivity contribution >= 4 is 17.4 Å². The van der Waals surface area contributed by atoms with Crippen LogP contribution in [-0.2, 0) is 0 Å². The summed E-state index contributed by atoms with van der Waals surface area (Å²) >= 11 is 6.10. The van der Waals surface area contributed by atoms with Gasteiger partial charge >= 0.3 is 0 Å². The smallest absolute Gasteiger partial charge is 0.137 e. The zero-order chi connectivity index (χ0) is 13.3. The molecule has 0 saturated carbocycles. The van der Waals surface area contributed by atoms with Crippen LogP contribution in [0.1, 0.15) is 19.9 Å². The minimum atomic E-state index is 0.278. The molecule has 0 radical (unpaired) electrons. The van der Waals surface area contributed by atoms with Crippen molar-refractivity contribution < 1.29 is 4.74 Å². The lowest BCUT2D eigenvalue weighted by Gasteiger charge is -2.09. The average Bonchev–Trinajstić information content (AvgIpc) is 2.71. The van der Waals surface area contributed by atoms with Gasteiger partial charge in [-0.15, -0.1) is 0 Å². The molecule has 1 heterocycles. The molecule has 0 aliphatic carbocycles. The number of methoxy groups -OCH3 is 1. The molecule has 0 unspecified atom stereocenters. The van der Waals surface area contributed by atoms with E-state index in [1.165, 1.54) is 0 Å². The third-order valence-corrected chi connectivity index (χ3v) is 3.11. The number of rotatable bonds is 3. The number of nitrogens with two attached hydrogens (primary N) is 1. The monoisotopic (exact) mass is 265 g/mol. The quantitative estimate of drug-likeness (QED) is 0.926. The maximum atomic E-state index is 6.10. The molecule has 1 aromatic heterocycles. The largest absolute Gasteiger partial charge is 0.495 e. The van der Waals surface area contributed by atoms with Gasteiger partial charge in [0.05, 0.1) is 18.5 Å². The summed E-state index contributed by atoms with van der Waals surface area (Å²) in [6, 6.07) is 5.79. The minimum absolute atomic E-state index is 0.278. The van der Waals surface area contributed by atoms with Crippen molar-refractivity contribution in [2.45, 2.75) is 19.9 Å². The van der Waals surface area contributed by atoms with Gasteiger partial charge in [-0.25, -0.2) is 4.98 Å². The highest BCUT2D eigenvalue weighted by Gasteiger charge is 2.13. The number of imidazole rings is 1. The van der Waals surface area contributed by atoms with Crippen LogP contribution in [-0.4, -0.2) is 16.7 Å². The van der Waals surface area contributed by atoms with E-state index in [0.29, 0.717) is 16.6 Å². The second-order valence-electron chi connectivity index (χ2n) is 4.33. The maximum absolute atomic E-state index is 6.10. The van der Waals surface area contributed by atoms with Crippen molar-refractivity contribution in [3.63, 3.8) is 0 Å². The molecule has 18 heavy (non-hydrogen) atoms. The van der Waals surface area contributed by atoms with Crippen LogP contribution in [0.4, 0.5) is 5.82 Å². The average molecular weight is 266 g/mol. The Balaban J connectivity index is 2.46. The molecule has 0 aliphatic heterocycles. The van der Waals surface area contributed by atoms with Crippen molar-refractivity contribution in [1.82, 2.24) is 9.55 Å². The molecule has 0 fully saturated rings. The van der Waals surface area contributed by atoms with Crippen LogP contribution in [0.5, 0.6) is 5.75 Å². The van der Waals surface area contributed by atoms with E-state index < -0.39 is 0 Å². The predicted molar refractivity (Wildman–Crippen MR) is 74.0 cm³/mol. The molecule has 96 valence electrons. The van der Waals surface area contributed by atoms with E-state index in [1.54, 1.807) is 13.4 Å². The van der Waals surface area contributed by atoms with Gasteiger partial charge in [-0.2, -0.15) is 0 Å². The zero-order valence-electron chi connectivity index (χ0n) is 10.6. The lowest BCUT2D eigenvalue weighted by molar-refractivity contribution is 0.415. The van der Waals surface area contributed by atoms with Crippen molar-refractivity contribution in [1.29, 1.82) is 0 Å². The number of nitrogen functional groups attached to an aromatic ring is 1. The Morgan fingerprint density at radius 3 is 2.61 bits per heavy atom. The van der Waals surface area contributed by atoms with Crippen LogP contribution in [0.3, 0.4) is 0 Å². The Morgan fingerprint density at radius 1 is 1.39 bits per heavy atom. The van der Waals surface area contributed by atoms with Gasteiger partial charge in [-0.05, 0) is 32.0 Å². The van der Waals surface area contributed by atoms with Gasteiger partial charge in [-0.1, -0.05) is 11.6 Å². The fourth-order valence-electron chi connectivity index (χ4n) is 1.82. The van der Waals surface area contributed by atoms with Crippen LogP contribution in [0, 0.1) is 0 Å². The predicted octanol–water partition coefficient (Wildman–Crippen LogP) is 3.38. The molecule has 0 atom stereocenters. The molecule has 0 bridgehead atoms. The number of ether oxygens (including phenoxy) is 1. The van der Waals surface area contributed by atoms with Crippen LogP contribution in [0.15, 0.2) is 24.5 Å². The molecule has 1 aromatic carbocycles. The number of nitrogens with zero attached hydrogens (tertiary/aromatic N) is 2. The van der Waals surface area contributed by atoms with E-state index in [4.69, 9.17) is 22.1 Å². The first-order chi connectivity index (χ1) is 8.54. The summed E-state index contributed by atoms with van der Waals surface area (Å²) in [6.07, 6.45) is 1.74. The Morgan fingerprint density at radius 2 is 2.11 bits per heavy atom. The molecule has 2 rings (SSSR count). The van der Waals surface area contributed by atoms with E-state index in [2.05, 4.69) is 18.8 Å². The van der Waals surface area contributed by atoms with Crippen LogP contribution < -0.4 is 10.5 Å². The number of benzene rings is 1. The van der Waals surface area contributed by atoms with Crippen molar-refractivity contribution in [3.8, 4) is 17.0 Å². The zero-order valence-corrected chi connectivity index (χ0v) is 11.4. The third kappa shape index (κ3) is 2.16. The summed E-state index contributed by atoms with van der Waals surface area (Å²) in [5, 5.41) is 0.550. The topological polar surface area (TPSA) is 53.1 Å². The summed E-state index contributed by atoms with van der Waals surface area (Å²) in [5.41, 5.74) is 7.71. The van der Waals surface area contributed by atoms with Gasteiger partial charge in [-0.3, -0.25) is 0 Å². The Kier molecular flexibility index (Phi) is 3.48. The van der Waals surface area contributed by atoms with E-state index in [9.17, 15) is 0 Å². The molecule has 4 nitrogen and oxygen atoms in total. The number of hydrogen-bond acceptors (Lipinski definition) is 3. The summed E-state index contributed by atoms with van der Waals surface area (Å²) < 4.78 is 7.04. The first kappa shape index (κ1) is 12.8. The second kappa shape index (κ2) is 4.90. The molecule has 2 N–H and O–H groups in total. The molecule has 0 saturated heterocycles.